The third kappa shape index (κ3) is 4.94. The van der Waals surface area contributed by atoms with Gasteiger partial charge in [0, 0.05) is 19.2 Å². The van der Waals surface area contributed by atoms with Crippen LogP contribution in [0.5, 0.6) is 0 Å². The summed E-state index contributed by atoms with van der Waals surface area (Å²) in [5.41, 5.74) is 5.78. The maximum atomic E-state index is 5.78. The third-order valence-electron chi connectivity index (χ3n) is 3.38. The zero-order valence-corrected chi connectivity index (χ0v) is 12.3. The smallest absolute Gasteiger partial charge is 0.158 e. The van der Waals surface area contributed by atoms with Gasteiger partial charge < -0.3 is 20.7 Å². The number of likely N-dealkylation sites (tertiary alicyclic amines) is 1. The van der Waals surface area contributed by atoms with Crippen LogP contribution >= 0.6 is 0 Å². The summed E-state index contributed by atoms with van der Waals surface area (Å²) in [6.07, 6.45) is 3.80. The highest BCUT2D eigenvalue weighted by atomic mass is 16.5. The van der Waals surface area contributed by atoms with Crippen LogP contribution in [0.15, 0.2) is 6.07 Å². The summed E-state index contributed by atoms with van der Waals surface area (Å²) in [5.74, 6) is 1.90. The molecule has 1 saturated heterocycles. The molecule has 0 radical (unpaired) electrons. The highest BCUT2D eigenvalue weighted by Gasteiger charge is 2.10. The Morgan fingerprint density at radius 3 is 2.90 bits per heavy atom. The largest absolute Gasteiger partial charge is 0.384 e. The molecule has 1 aromatic heterocycles. The molecule has 2 heterocycles. The topological polar surface area (TPSA) is 76.3 Å². The van der Waals surface area contributed by atoms with Gasteiger partial charge in [0.15, 0.2) is 5.82 Å². The second-order valence-corrected chi connectivity index (χ2v) is 5.06. The maximum absolute atomic E-state index is 5.78. The number of nitrogens with two attached hydrogens (primary N) is 1. The van der Waals surface area contributed by atoms with Crippen molar-refractivity contribution in [2.75, 3.05) is 43.8 Å². The first-order valence-electron chi connectivity index (χ1n) is 7.45. The summed E-state index contributed by atoms with van der Waals surface area (Å²) in [7, 11) is 0. The fourth-order valence-electron chi connectivity index (χ4n) is 2.39. The Morgan fingerprint density at radius 1 is 1.35 bits per heavy atom. The zero-order valence-electron chi connectivity index (χ0n) is 12.3. The van der Waals surface area contributed by atoms with E-state index in [9.17, 15) is 0 Å². The monoisotopic (exact) mass is 279 g/mol. The Bertz CT molecular complexity index is 407. The van der Waals surface area contributed by atoms with Gasteiger partial charge in [0.1, 0.15) is 18.2 Å². The van der Waals surface area contributed by atoms with Crippen molar-refractivity contribution in [3.8, 4) is 0 Å². The summed E-state index contributed by atoms with van der Waals surface area (Å²) < 4.78 is 5.31. The molecule has 1 fully saturated rings. The molecule has 2 rings (SSSR count). The van der Waals surface area contributed by atoms with Crippen LogP contribution in [-0.4, -0.2) is 47.7 Å². The van der Waals surface area contributed by atoms with Gasteiger partial charge in [0.2, 0.25) is 0 Å². The van der Waals surface area contributed by atoms with Gasteiger partial charge >= 0.3 is 0 Å². The second kappa shape index (κ2) is 8.01. The van der Waals surface area contributed by atoms with Gasteiger partial charge in [-0.1, -0.05) is 0 Å². The fourth-order valence-corrected chi connectivity index (χ4v) is 2.39. The first-order chi connectivity index (χ1) is 9.78. The Hall–Kier alpha value is -1.40. The molecule has 1 aromatic rings. The van der Waals surface area contributed by atoms with Crippen LogP contribution in [0.4, 0.5) is 11.6 Å². The van der Waals surface area contributed by atoms with E-state index in [1.54, 1.807) is 6.07 Å². The summed E-state index contributed by atoms with van der Waals surface area (Å²) in [6, 6.07) is 1.77. The van der Waals surface area contributed by atoms with E-state index in [0.717, 1.165) is 25.3 Å². The quantitative estimate of drug-likeness (QED) is 0.702. The molecule has 0 unspecified atom stereocenters. The number of hydrogen-bond acceptors (Lipinski definition) is 6. The number of hydrogen-bond donors (Lipinski definition) is 2. The van der Waals surface area contributed by atoms with Gasteiger partial charge in [-0.3, -0.25) is 0 Å². The van der Waals surface area contributed by atoms with Crippen molar-refractivity contribution in [2.45, 2.75) is 32.8 Å². The molecule has 1 aliphatic heterocycles. The van der Waals surface area contributed by atoms with Crippen LogP contribution in [-0.2, 0) is 11.3 Å². The van der Waals surface area contributed by atoms with Crippen LogP contribution < -0.4 is 11.1 Å². The Labute approximate surface area is 120 Å². The fraction of sp³-hybridized carbons (Fsp3) is 0.714. The normalized spacial score (nSPS) is 15.7. The molecule has 0 saturated carbocycles. The molecule has 20 heavy (non-hydrogen) atoms. The predicted octanol–water partition coefficient (Wildman–Crippen LogP) is 1.49. The second-order valence-electron chi connectivity index (χ2n) is 5.06. The summed E-state index contributed by atoms with van der Waals surface area (Å²) >= 11 is 0. The van der Waals surface area contributed by atoms with Crippen LogP contribution in [0.25, 0.3) is 0 Å². The van der Waals surface area contributed by atoms with E-state index in [1.807, 2.05) is 6.92 Å². The van der Waals surface area contributed by atoms with Crippen molar-refractivity contribution in [2.24, 2.45) is 0 Å². The molecule has 0 aliphatic carbocycles. The zero-order chi connectivity index (χ0) is 14.2. The minimum Gasteiger partial charge on any atom is -0.384 e. The van der Waals surface area contributed by atoms with Crippen LogP contribution in [0, 0.1) is 0 Å². The van der Waals surface area contributed by atoms with Crippen LogP contribution in [0.3, 0.4) is 0 Å². The van der Waals surface area contributed by atoms with Crippen LogP contribution in [0.2, 0.25) is 0 Å². The lowest BCUT2D eigenvalue weighted by molar-refractivity contribution is 0.128. The molecule has 0 aromatic carbocycles. The molecule has 112 valence electrons. The molecule has 1 aliphatic rings. The highest BCUT2D eigenvalue weighted by molar-refractivity contribution is 5.44. The molecule has 0 bridgehead atoms. The molecule has 0 amide bonds. The van der Waals surface area contributed by atoms with E-state index in [1.165, 1.54) is 25.9 Å². The molecule has 0 spiro atoms. The average Bonchev–Trinajstić information content (AvgIpc) is 2.94. The van der Waals surface area contributed by atoms with E-state index < -0.39 is 0 Å². The first kappa shape index (κ1) is 15.0. The third-order valence-corrected chi connectivity index (χ3v) is 3.38. The van der Waals surface area contributed by atoms with Crippen molar-refractivity contribution in [3.63, 3.8) is 0 Å². The minimum absolute atomic E-state index is 0.407. The lowest BCUT2D eigenvalue weighted by Crippen LogP contribution is -2.22. The van der Waals surface area contributed by atoms with Gasteiger partial charge in [0.05, 0.1) is 0 Å². The van der Waals surface area contributed by atoms with E-state index in [0.29, 0.717) is 24.9 Å². The molecule has 0 atom stereocenters. The number of rotatable bonds is 8. The number of aromatic nitrogens is 2. The average molecular weight is 279 g/mol. The number of nitrogen functional groups attached to an aromatic ring is 1. The summed E-state index contributed by atoms with van der Waals surface area (Å²) in [4.78, 5) is 11.1. The molecule has 6 heteroatoms. The number of nitrogens with zero attached hydrogens (tertiary/aromatic N) is 3. The van der Waals surface area contributed by atoms with Crippen molar-refractivity contribution in [3.05, 3.63) is 11.9 Å². The molecule has 3 N–H and O–H groups in total. The van der Waals surface area contributed by atoms with Gasteiger partial charge in [-0.2, -0.15) is 0 Å². The Balaban J connectivity index is 1.74. The summed E-state index contributed by atoms with van der Waals surface area (Å²) in [5, 5.41) is 3.31. The summed E-state index contributed by atoms with van der Waals surface area (Å²) in [6.45, 7) is 7.56. The lowest BCUT2D eigenvalue weighted by Gasteiger charge is -2.14. The first-order valence-corrected chi connectivity index (χ1v) is 7.45. The predicted molar refractivity (Wildman–Crippen MR) is 80.6 cm³/mol. The van der Waals surface area contributed by atoms with Gasteiger partial charge in [0.25, 0.3) is 0 Å². The SMILES string of the molecule is CCOCc1nc(N)cc(NCCCN2CCCC2)n1. The molecule has 6 nitrogen and oxygen atoms in total. The van der Waals surface area contributed by atoms with E-state index in [2.05, 4.69) is 20.2 Å². The van der Waals surface area contributed by atoms with E-state index >= 15 is 0 Å². The van der Waals surface area contributed by atoms with Crippen LogP contribution in [0.1, 0.15) is 32.0 Å². The molecular formula is C14H25N5O. The van der Waals surface area contributed by atoms with E-state index in [4.69, 9.17) is 10.5 Å². The van der Waals surface area contributed by atoms with Crippen molar-refractivity contribution >= 4 is 11.6 Å². The molecular weight excluding hydrogens is 254 g/mol. The maximum Gasteiger partial charge on any atom is 0.158 e. The lowest BCUT2D eigenvalue weighted by atomic mass is 10.4. The Kier molecular flexibility index (Phi) is 6.01. The standard InChI is InChI=1S/C14H25N5O/c1-2-20-11-14-17-12(15)10-13(18-14)16-6-5-9-19-7-3-4-8-19/h10H,2-9,11H2,1H3,(H3,15,16,17,18). The van der Waals surface area contributed by atoms with Gasteiger partial charge in [-0.25, -0.2) is 9.97 Å². The van der Waals surface area contributed by atoms with Gasteiger partial charge in [-0.15, -0.1) is 0 Å². The Morgan fingerprint density at radius 2 is 2.15 bits per heavy atom. The highest BCUT2D eigenvalue weighted by Crippen LogP contribution is 2.10. The van der Waals surface area contributed by atoms with Crippen molar-refractivity contribution < 1.29 is 4.74 Å². The van der Waals surface area contributed by atoms with Crippen molar-refractivity contribution in [1.29, 1.82) is 0 Å². The van der Waals surface area contributed by atoms with E-state index in [-0.39, 0.29) is 0 Å². The van der Waals surface area contributed by atoms with Gasteiger partial charge in [-0.05, 0) is 45.8 Å². The number of nitrogens with one attached hydrogen (secondary N) is 1. The minimum atomic E-state index is 0.407. The number of ether oxygens (including phenoxy) is 1. The van der Waals surface area contributed by atoms with Crippen molar-refractivity contribution in [1.82, 2.24) is 14.9 Å². The number of anilines is 2.